The second kappa shape index (κ2) is 7.92. The molecule has 3 N–H and O–H groups in total. The lowest BCUT2D eigenvalue weighted by atomic mass is 10.1. The smallest absolute Gasteiger partial charge is 0.171 e. The normalized spacial score (nSPS) is 12.0. The number of quaternary nitrogens is 1. The van der Waals surface area contributed by atoms with Crippen LogP contribution >= 0.6 is 12.2 Å². The molecule has 0 fully saturated rings. The molecule has 22 heavy (non-hydrogen) atoms. The largest absolute Gasteiger partial charge is 0.356 e. The van der Waals surface area contributed by atoms with Crippen LogP contribution in [0.3, 0.4) is 0 Å². The Kier molecular flexibility index (Phi) is 5.92. The molecule has 2 rings (SSSR count). The molecule has 0 radical (unpaired) electrons. The van der Waals surface area contributed by atoms with E-state index >= 15 is 0 Å². The summed E-state index contributed by atoms with van der Waals surface area (Å²) in [6, 6.07) is 19.1. The van der Waals surface area contributed by atoms with Crippen molar-refractivity contribution in [1.82, 2.24) is 5.32 Å². The molecule has 0 spiro atoms. The predicted octanol–water partition coefficient (Wildman–Crippen LogP) is 2.17. The third kappa shape index (κ3) is 4.83. The van der Waals surface area contributed by atoms with E-state index in [-0.39, 0.29) is 0 Å². The SMILES string of the molecule is Cc1cccc(NC(=S)NC[C@@H](c2ccccc2)[NH+](C)C)c1. The second-order valence-corrected chi connectivity index (χ2v) is 6.15. The summed E-state index contributed by atoms with van der Waals surface area (Å²) in [5.41, 5.74) is 3.55. The van der Waals surface area contributed by atoms with Crippen LogP contribution in [-0.4, -0.2) is 25.8 Å². The molecule has 2 aromatic carbocycles. The van der Waals surface area contributed by atoms with Crippen LogP contribution in [0.2, 0.25) is 0 Å². The number of rotatable bonds is 5. The predicted molar refractivity (Wildman–Crippen MR) is 97.4 cm³/mol. The number of anilines is 1. The summed E-state index contributed by atoms with van der Waals surface area (Å²) < 4.78 is 0. The highest BCUT2D eigenvalue weighted by Gasteiger charge is 2.17. The summed E-state index contributed by atoms with van der Waals surface area (Å²) in [6.07, 6.45) is 0. The van der Waals surface area contributed by atoms with E-state index in [1.54, 1.807) is 0 Å². The maximum atomic E-state index is 5.40. The Morgan fingerprint density at radius 3 is 2.45 bits per heavy atom. The number of hydrogen-bond acceptors (Lipinski definition) is 1. The van der Waals surface area contributed by atoms with Crippen molar-refractivity contribution in [2.24, 2.45) is 0 Å². The van der Waals surface area contributed by atoms with Crippen molar-refractivity contribution in [1.29, 1.82) is 0 Å². The topological polar surface area (TPSA) is 28.5 Å². The van der Waals surface area contributed by atoms with Gasteiger partial charge in [-0.2, -0.15) is 0 Å². The van der Waals surface area contributed by atoms with Gasteiger partial charge in [-0.1, -0.05) is 42.5 Å². The van der Waals surface area contributed by atoms with Gasteiger partial charge >= 0.3 is 0 Å². The zero-order chi connectivity index (χ0) is 15.9. The zero-order valence-corrected chi connectivity index (χ0v) is 14.2. The maximum Gasteiger partial charge on any atom is 0.171 e. The first-order chi connectivity index (χ1) is 10.6. The molecule has 116 valence electrons. The first kappa shape index (κ1) is 16.5. The summed E-state index contributed by atoms with van der Waals surface area (Å²) in [6.45, 7) is 2.87. The second-order valence-electron chi connectivity index (χ2n) is 5.75. The number of benzene rings is 2. The zero-order valence-electron chi connectivity index (χ0n) is 13.4. The van der Waals surface area contributed by atoms with Gasteiger partial charge in [0.2, 0.25) is 0 Å². The first-order valence-electron chi connectivity index (χ1n) is 7.53. The first-order valence-corrected chi connectivity index (χ1v) is 7.93. The molecule has 0 bridgehead atoms. The summed E-state index contributed by atoms with van der Waals surface area (Å²) in [5, 5.41) is 7.23. The Bertz CT molecular complexity index is 611. The van der Waals surface area contributed by atoms with Gasteiger partial charge in [0, 0.05) is 11.3 Å². The van der Waals surface area contributed by atoms with Crippen molar-refractivity contribution in [3.63, 3.8) is 0 Å². The lowest BCUT2D eigenvalue weighted by Gasteiger charge is -2.23. The Hall–Kier alpha value is -1.91. The summed E-state index contributed by atoms with van der Waals surface area (Å²) >= 11 is 5.40. The standard InChI is InChI=1S/C18H23N3S/c1-14-8-7-11-16(12-14)20-18(22)19-13-17(21(2)3)15-9-5-4-6-10-15/h4-12,17H,13H2,1-3H3,(H2,19,20,22)/p+1/t17-/m0/s1. The number of nitrogens with one attached hydrogen (secondary N) is 3. The van der Waals surface area contributed by atoms with Gasteiger partial charge in [-0.05, 0) is 36.8 Å². The Balaban J connectivity index is 1.94. The lowest BCUT2D eigenvalue weighted by molar-refractivity contribution is -0.890. The average molecular weight is 314 g/mol. The van der Waals surface area contributed by atoms with Crippen molar-refractivity contribution in [3.8, 4) is 0 Å². The highest BCUT2D eigenvalue weighted by molar-refractivity contribution is 7.80. The molecule has 2 aromatic rings. The van der Waals surface area contributed by atoms with Crippen molar-refractivity contribution < 1.29 is 4.90 Å². The third-order valence-electron chi connectivity index (χ3n) is 3.64. The molecule has 4 heteroatoms. The van der Waals surface area contributed by atoms with E-state index in [0.717, 1.165) is 12.2 Å². The van der Waals surface area contributed by atoms with Gasteiger partial charge in [-0.25, -0.2) is 0 Å². The molecule has 0 unspecified atom stereocenters. The summed E-state index contributed by atoms with van der Waals surface area (Å²) in [7, 11) is 4.33. The van der Waals surface area contributed by atoms with Gasteiger partial charge in [0.25, 0.3) is 0 Å². The van der Waals surface area contributed by atoms with Crippen LogP contribution in [0, 0.1) is 6.92 Å². The van der Waals surface area contributed by atoms with Crippen molar-refractivity contribution in [3.05, 3.63) is 65.7 Å². The van der Waals surface area contributed by atoms with Gasteiger partial charge in [0.1, 0.15) is 6.04 Å². The fourth-order valence-electron chi connectivity index (χ4n) is 2.43. The minimum Gasteiger partial charge on any atom is -0.356 e. The molecule has 0 aromatic heterocycles. The minimum atomic E-state index is 0.360. The molecule has 1 atom stereocenters. The fraction of sp³-hybridized carbons (Fsp3) is 0.278. The van der Waals surface area contributed by atoms with E-state index in [4.69, 9.17) is 12.2 Å². The van der Waals surface area contributed by atoms with Crippen LogP contribution in [0.1, 0.15) is 17.2 Å². The van der Waals surface area contributed by atoms with Crippen LogP contribution in [0.15, 0.2) is 54.6 Å². The quantitative estimate of drug-likeness (QED) is 0.739. The fourth-order valence-corrected chi connectivity index (χ4v) is 2.63. The van der Waals surface area contributed by atoms with E-state index in [0.29, 0.717) is 11.2 Å². The number of likely N-dealkylation sites (N-methyl/N-ethyl adjacent to an activating group) is 1. The molecule has 0 heterocycles. The van der Waals surface area contributed by atoms with E-state index in [2.05, 4.69) is 68.1 Å². The summed E-state index contributed by atoms with van der Waals surface area (Å²) in [5.74, 6) is 0. The highest BCUT2D eigenvalue weighted by Crippen LogP contribution is 2.10. The monoisotopic (exact) mass is 314 g/mol. The molecule has 3 nitrogen and oxygen atoms in total. The highest BCUT2D eigenvalue weighted by atomic mass is 32.1. The molecule has 0 saturated carbocycles. The van der Waals surface area contributed by atoms with Crippen LogP contribution in [0.4, 0.5) is 5.69 Å². The molecule has 0 amide bonds. The van der Waals surface area contributed by atoms with Gasteiger partial charge in [0.05, 0.1) is 20.6 Å². The maximum absolute atomic E-state index is 5.40. The molecule has 0 aliphatic heterocycles. The van der Waals surface area contributed by atoms with E-state index in [1.807, 2.05) is 18.2 Å². The lowest BCUT2D eigenvalue weighted by Crippen LogP contribution is -3.07. The van der Waals surface area contributed by atoms with Crippen molar-refractivity contribution >= 4 is 23.0 Å². The molecule has 0 saturated heterocycles. The number of hydrogen-bond donors (Lipinski definition) is 3. The number of thiocarbonyl (C=S) groups is 1. The van der Waals surface area contributed by atoms with Crippen LogP contribution < -0.4 is 15.5 Å². The van der Waals surface area contributed by atoms with E-state index in [1.165, 1.54) is 16.0 Å². The Morgan fingerprint density at radius 2 is 1.82 bits per heavy atom. The van der Waals surface area contributed by atoms with Gasteiger partial charge in [-0.3, -0.25) is 0 Å². The van der Waals surface area contributed by atoms with Crippen LogP contribution in [0.5, 0.6) is 0 Å². The van der Waals surface area contributed by atoms with E-state index in [9.17, 15) is 0 Å². The van der Waals surface area contributed by atoms with Crippen molar-refractivity contribution in [2.45, 2.75) is 13.0 Å². The van der Waals surface area contributed by atoms with Crippen molar-refractivity contribution in [2.75, 3.05) is 26.0 Å². The third-order valence-corrected chi connectivity index (χ3v) is 3.89. The van der Waals surface area contributed by atoms with Gasteiger partial charge in [-0.15, -0.1) is 0 Å². The molecular formula is C18H24N3S+. The average Bonchev–Trinajstić information content (AvgIpc) is 2.48. The van der Waals surface area contributed by atoms with Gasteiger partial charge < -0.3 is 15.5 Å². The molecular weight excluding hydrogens is 290 g/mol. The van der Waals surface area contributed by atoms with E-state index < -0.39 is 0 Å². The minimum absolute atomic E-state index is 0.360. The van der Waals surface area contributed by atoms with Crippen LogP contribution in [-0.2, 0) is 0 Å². The van der Waals surface area contributed by atoms with Gasteiger partial charge in [0.15, 0.2) is 5.11 Å². The Morgan fingerprint density at radius 1 is 1.09 bits per heavy atom. The van der Waals surface area contributed by atoms with Crippen LogP contribution in [0.25, 0.3) is 0 Å². The molecule has 0 aliphatic carbocycles. The molecule has 0 aliphatic rings. The Labute approximate surface area is 138 Å². The number of aryl methyl sites for hydroxylation is 1. The summed E-state index contributed by atoms with van der Waals surface area (Å²) in [4.78, 5) is 1.37.